The number of amides is 2. The van der Waals surface area contributed by atoms with Crippen LogP contribution in [-0.4, -0.2) is 161 Å². The van der Waals surface area contributed by atoms with E-state index in [2.05, 4.69) is 10.6 Å². The molecule has 0 aromatic carbocycles. The Hall–Kier alpha value is -2.56. The van der Waals surface area contributed by atoms with Crippen LogP contribution < -0.4 is 10.6 Å². The minimum Gasteiger partial charge on any atom is -0.477 e. The molecular formula is C22H36N2O17. The predicted octanol–water partition coefficient (Wildman–Crippen LogP) is -6.70. The molecule has 0 bridgehead atoms. The summed E-state index contributed by atoms with van der Waals surface area (Å²) in [4.78, 5) is 47.4. The van der Waals surface area contributed by atoms with Crippen LogP contribution in [0.1, 0.15) is 26.7 Å². The van der Waals surface area contributed by atoms with E-state index < -0.39 is 122 Å². The highest BCUT2D eigenvalue weighted by atomic mass is 16.7. The molecule has 2 fully saturated rings. The van der Waals surface area contributed by atoms with E-state index in [0.717, 1.165) is 13.8 Å². The Balaban J connectivity index is 2.49. The van der Waals surface area contributed by atoms with Crippen molar-refractivity contribution in [2.45, 2.75) is 99.2 Å². The predicted molar refractivity (Wildman–Crippen MR) is 126 cm³/mol. The number of aliphatic carboxylic acids is 2. The summed E-state index contributed by atoms with van der Waals surface area (Å²) in [7, 11) is 0. The Labute approximate surface area is 231 Å². The number of ether oxygens (including phenoxy) is 3. The number of nitrogens with one attached hydrogen (secondary N) is 2. The van der Waals surface area contributed by atoms with Gasteiger partial charge < -0.3 is 75.9 Å². The number of rotatable bonds is 12. The Morgan fingerprint density at radius 2 is 1.32 bits per heavy atom. The van der Waals surface area contributed by atoms with E-state index in [1.54, 1.807) is 0 Å². The van der Waals surface area contributed by atoms with Crippen molar-refractivity contribution in [3.05, 3.63) is 0 Å². The van der Waals surface area contributed by atoms with E-state index >= 15 is 0 Å². The summed E-state index contributed by atoms with van der Waals surface area (Å²) in [5.74, 6) is -11.7. The second-order valence-corrected chi connectivity index (χ2v) is 9.88. The maximum absolute atomic E-state index is 12.4. The zero-order valence-electron chi connectivity index (χ0n) is 21.9. The van der Waals surface area contributed by atoms with Gasteiger partial charge in [0.25, 0.3) is 11.6 Å². The number of carbonyl (C=O) groups excluding carboxylic acids is 2. The van der Waals surface area contributed by atoms with Gasteiger partial charge >= 0.3 is 11.9 Å². The first-order valence-electron chi connectivity index (χ1n) is 12.3. The number of carboxylic acid groups (broad SMARTS) is 2. The third-order valence-electron chi connectivity index (χ3n) is 6.72. The second-order valence-electron chi connectivity index (χ2n) is 9.88. The summed E-state index contributed by atoms with van der Waals surface area (Å²) < 4.78 is 15.9. The number of carbonyl (C=O) groups is 4. The van der Waals surface area contributed by atoms with Crippen LogP contribution in [0.2, 0.25) is 0 Å². The maximum atomic E-state index is 12.4. The Bertz CT molecular complexity index is 968. The molecule has 2 aliphatic heterocycles. The second kappa shape index (κ2) is 13.6. The number of aliphatic hydroxyl groups is 8. The van der Waals surface area contributed by atoms with Crippen LogP contribution in [0.25, 0.3) is 0 Å². The minimum absolute atomic E-state index is 0.760. The lowest BCUT2D eigenvalue weighted by atomic mass is 9.87. The van der Waals surface area contributed by atoms with Gasteiger partial charge in [-0.05, 0) is 0 Å². The third-order valence-corrected chi connectivity index (χ3v) is 6.72. The molecule has 12 N–H and O–H groups in total. The monoisotopic (exact) mass is 600 g/mol. The summed E-state index contributed by atoms with van der Waals surface area (Å²) in [5.41, 5.74) is 0. The van der Waals surface area contributed by atoms with Crippen LogP contribution in [0.5, 0.6) is 0 Å². The van der Waals surface area contributed by atoms with Gasteiger partial charge in [0.15, 0.2) is 0 Å². The number of aliphatic hydroxyl groups excluding tert-OH is 7. The first-order chi connectivity index (χ1) is 18.9. The summed E-state index contributed by atoms with van der Waals surface area (Å²) in [6.07, 6.45) is -18.2. The van der Waals surface area contributed by atoms with Gasteiger partial charge in [0.1, 0.15) is 36.6 Å². The molecule has 4 unspecified atom stereocenters. The number of carboxylic acids is 2. The average molecular weight is 601 g/mol. The Kier molecular flexibility index (Phi) is 11.5. The van der Waals surface area contributed by atoms with Gasteiger partial charge in [-0.1, -0.05) is 0 Å². The van der Waals surface area contributed by atoms with Crippen LogP contribution in [0.3, 0.4) is 0 Å². The van der Waals surface area contributed by atoms with Gasteiger partial charge in [0.05, 0.1) is 37.5 Å². The molecule has 0 aromatic heterocycles. The fraction of sp³-hybridized carbons (Fsp3) is 0.818. The van der Waals surface area contributed by atoms with E-state index in [4.69, 9.17) is 14.2 Å². The molecule has 2 aliphatic rings. The summed E-state index contributed by atoms with van der Waals surface area (Å²) in [5, 5.41) is 106. The maximum Gasteiger partial charge on any atom is 0.364 e. The molecule has 236 valence electrons. The largest absolute Gasteiger partial charge is 0.477 e. The molecule has 19 nitrogen and oxygen atoms in total. The van der Waals surface area contributed by atoms with Crippen molar-refractivity contribution in [1.82, 2.24) is 10.6 Å². The van der Waals surface area contributed by atoms with Crippen LogP contribution >= 0.6 is 0 Å². The van der Waals surface area contributed by atoms with Gasteiger partial charge in [-0.2, -0.15) is 0 Å². The van der Waals surface area contributed by atoms with Crippen molar-refractivity contribution in [3.63, 3.8) is 0 Å². The molecule has 0 spiro atoms. The first-order valence-corrected chi connectivity index (χ1v) is 12.3. The zero-order valence-corrected chi connectivity index (χ0v) is 21.9. The number of hydrogen-bond acceptors (Lipinski definition) is 15. The summed E-state index contributed by atoms with van der Waals surface area (Å²) >= 11 is 0. The molecule has 19 heteroatoms. The van der Waals surface area contributed by atoms with E-state index in [9.17, 15) is 70.2 Å². The standard InChI is InChI=1S/C22H36N2O17/c1-7(27)23-13-9(29)3-21(38,19(34)35)40-18(13)16(33)12(6-26)39-22(20(36)37)4-10(30)14(24-8(2)28)17(41-22)15(32)11(31)5-25/h9-18,25-26,29-33,38H,3-6H2,1-2H3,(H,23,27)(H,24,28)(H,34,35)(H,36,37)/t9-,10-,11-,12-,13?,14?,15-,16-,17?,18?,21-,22-/m1/s1. The smallest absolute Gasteiger partial charge is 0.364 e. The highest BCUT2D eigenvalue weighted by molar-refractivity contribution is 5.77. The summed E-state index contributed by atoms with van der Waals surface area (Å²) in [6, 6.07) is -3.17. The van der Waals surface area contributed by atoms with Crippen molar-refractivity contribution >= 4 is 23.8 Å². The lowest BCUT2D eigenvalue weighted by molar-refractivity contribution is -0.342. The van der Waals surface area contributed by atoms with Crippen LogP contribution in [0.15, 0.2) is 0 Å². The average Bonchev–Trinajstić information content (AvgIpc) is 2.88. The molecule has 0 saturated carbocycles. The highest BCUT2D eigenvalue weighted by Crippen LogP contribution is 2.37. The normalized spacial score (nSPS) is 36.8. The van der Waals surface area contributed by atoms with Gasteiger partial charge in [0, 0.05) is 26.7 Å². The van der Waals surface area contributed by atoms with Crippen LogP contribution in [0.4, 0.5) is 0 Å². The minimum atomic E-state index is -3.09. The number of hydrogen-bond donors (Lipinski definition) is 12. The highest BCUT2D eigenvalue weighted by Gasteiger charge is 2.59. The molecule has 12 atom stereocenters. The lowest BCUT2D eigenvalue weighted by Gasteiger charge is -2.49. The van der Waals surface area contributed by atoms with E-state index in [-0.39, 0.29) is 0 Å². The molecule has 0 aliphatic carbocycles. The molecule has 2 heterocycles. The quantitative estimate of drug-likeness (QED) is 0.0990. The Morgan fingerprint density at radius 1 is 0.829 bits per heavy atom. The van der Waals surface area contributed by atoms with Crippen molar-refractivity contribution in [2.24, 2.45) is 0 Å². The summed E-state index contributed by atoms with van der Waals surface area (Å²) in [6.45, 7) is -0.288. The van der Waals surface area contributed by atoms with Crippen LogP contribution in [-0.2, 0) is 33.4 Å². The Morgan fingerprint density at radius 3 is 1.73 bits per heavy atom. The van der Waals surface area contributed by atoms with Crippen molar-refractivity contribution in [2.75, 3.05) is 13.2 Å². The van der Waals surface area contributed by atoms with Crippen molar-refractivity contribution < 1.29 is 84.5 Å². The molecule has 0 radical (unpaired) electrons. The van der Waals surface area contributed by atoms with Gasteiger partial charge in [-0.25, -0.2) is 9.59 Å². The van der Waals surface area contributed by atoms with Gasteiger partial charge in [-0.3, -0.25) is 9.59 Å². The van der Waals surface area contributed by atoms with Crippen LogP contribution in [0, 0.1) is 0 Å². The molecule has 2 rings (SSSR count). The van der Waals surface area contributed by atoms with E-state index in [1.807, 2.05) is 0 Å². The SMILES string of the molecule is CC(=O)NC1C([C@H](O)[C@H](O)CO)O[C@@](O[C@H](CO)[C@@H](O)C2O[C@@](O)(C(=O)O)C[C@@H](O)C2NC(C)=O)(C(=O)O)C[C@H]1O. The molecule has 0 aromatic rings. The van der Waals surface area contributed by atoms with Crippen molar-refractivity contribution in [1.29, 1.82) is 0 Å². The first kappa shape index (κ1) is 34.6. The lowest BCUT2D eigenvalue weighted by Crippen LogP contribution is -2.70. The fourth-order valence-electron chi connectivity index (χ4n) is 4.73. The van der Waals surface area contributed by atoms with E-state index in [1.165, 1.54) is 0 Å². The van der Waals surface area contributed by atoms with Gasteiger partial charge in [-0.15, -0.1) is 0 Å². The molecule has 2 amide bonds. The molecular weight excluding hydrogens is 564 g/mol. The molecule has 41 heavy (non-hydrogen) atoms. The zero-order chi connectivity index (χ0) is 31.4. The van der Waals surface area contributed by atoms with Crippen molar-refractivity contribution in [3.8, 4) is 0 Å². The third kappa shape index (κ3) is 7.64. The topological polar surface area (TPSA) is 322 Å². The van der Waals surface area contributed by atoms with E-state index in [0.29, 0.717) is 0 Å². The molecule has 2 saturated heterocycles. The van der Waals surface area contributed by atoms with Gasteiger partial charge in [0.2, 0.25) is 11.8 Å². The fourth-order valence-corrected chi connectivity index (χ4v) is 4.73.